The standard InChI is InChI=1S/C12H11Cl2NO5S/c13-7-2-1-6(3-8(7)14)15-10(16)5-21-9(12(19)20)4-11(17)18/h1-3,9H,4-5H2,(H,15,16)(H,17,18)(H,19,20). The van der Waals surface area contributed by atoms with Crippen LogP contribution in [0.5, 0.6) is 0 Å². The maximum Gasteiger partial charge on any atom is 0.317 e. The summed E-state index contributed by atoms with van der Waals surface area (Å²) in [6, 6.07) is 4.51. The number of halogens is 2. The first-order valence-corrected chi connectivity index (χ1v) is 7.41. The Labute approximate surface area is 134 Å². The highest BCUT2D eigenvalue weighted by Crippen LogP contribution is 2.25. The summed E-state index contributed by atoms with van der Waals surface area (Å²) < 4.78 is 0. The van der Waals surface area contributed by atoms with E-state index in [-0.39, 0.29) is 10.8 Å². The molecule has 1 aromatic rings. The van der Waals surface area contributed by atoms with Crippen LogP contribution >= 0.6 is 35.0 Å². The Morgan fingerprint density at radius 1 is 1.19 bits per heavy atom. The van der Waals surface area contributed by atoms with E-state index in [1.165, 1.54) is 12.1 Å². The third-order valence-electron chi connectivity index (χ3n) is 2.25. The van der Waals surface area contributed by atoms with E-state index >= 15 is 0 Å². The molecule has 0 spiro atoms. The fraction of sp³-hybridized carbons (Fsp3) is 0.250. The number of benzene rings is 1. The predicted molar refractivity (Wildman–Crippen MR) is 81.2 cm³/mol. The molecule has 0 radical (unpaired) electrons. The van der Waals surface area contributed by atoms with E-state index in [4.69, 9.17) is 33.4 Å². The normalized spacial score (nSPS) is 11.7. The van der Waals surface area contributed by atoms with Gasteiger partial charge in [0.05, 0.1) is 22.2 Å². The van der Waals surface area contributed by atoms with Gasteiger partial charge >= 0.3 is 11.9 Å². The molecule has 0 saturated heterocycles. The van der Waals surface area contributed by atoms with E-state index in [0.717, 1.165) is 11.8 Å². The van der Waals surface area contributed by atoms with Crippen molar-refractivity contribution in [2.75, 3.05) is 11.1 Å². The maximum absolute atomic E-state index is 11.7. The second kappa shape index (κ2) is 8.11. The quantitative estimate of drug-likeness (QED) is 0.697. The molecule has 9 heteroatoms. The summed E-state index contributed by atoms with van der Waals surface area (Å²) in [5.74, 6) is -3.16. The SMILES string of the molecule is O=C(O)CC(SCC(=O)Nc1ccc(Cl)c(Cl)c1)C(=O)O. The lowest BCUT2D eigenvalue weighted by atomic mass is 10.3. The fourth-order valence-corrected chi connectivity index (χ4v) is 2.45. The number of nitrogens with one attached hydrogen (secondary N) is 1. The minimum Gasteiger partial charge on any atom is -0.481 e. The zero-order valence-corrected chi connectivity index (χ0v) is 12.8. The molecule has 1 amide bonds. The monoisotopic (exact) mass is 351 g/mol. The first kappa shape index (κ1) is 17.6. The van der Waals surface area contributed by atoms with E-state index in [9.17, 15) is 14.4 Å². The number of anilines is 1. The van der Waals surface area contributed by atoms with Gasteiger partial charge in [0.15, 0.2) is 0 Å². The van der Waals surface area contributed by atoms with Crippen molar-refractivity contribution in [1.29, 1.82) is 0 Å². The maximum atomic E-state index is 11.7. The number of carbonyl (C=O) groups is 3. The molecule has 0 saturated carbocycles. The minimum atomic E-state index is -1.27. The van der Waals surface area contributed by atoms with Gasteiger partial charge in [-0.2, -0.15) is 0 Å². The number of carboxylic acid groups (broad SMARTS) is 2. The summed E-state index contributed by atoms with van der Waals surface area (Å²) in [6.45, 7) is 0. The molecule has 0 aliphatic carbocycles. The van der Waals surface area contributed by atoms with Gasteiger partial charge < -0.3 is 15.5 Å². The average Bonchev–Trinajstić information content (AvgIpc) is 2.38. The molecule has 6 nitrogen and oxygen atoms in total. The molecule has 0 aliphatic rings. The average molecular weight is 352 g/mol. The van der Waals surface area contributed by atoms with Gasteiger partial charge in [0.1, 0.15) is 5.25 Å². The van der Waals surface area contributed by atoms with Gasteiger partial charge in [-0.3, -0.25) is 14.4 Å². The number of hydrogen-bond acceptors (Lipinski definition) is 4. The van der Waals surface area contributed by atoms with Crippen LogP contribution in [-0.4, -0.2) is 39.1 Å². The highest BCUT2D eigenvalue weighted by atomic mass is 35.5. The number of aliphatic carboxylic acids is 2. The zero-order chi connectivity index (χ0) is 16.0. The van der Waals surface area contributed by atoms with Crippen LogP contribution < -0.4 is 5.32 Å². The molecule has 1 aromatic carbocycles. The Balaban J connectivity index is 2.54. The van der Waals surface area contributed by atoms with Gasteiger partial charge in [0, 0.05) is 5.69 Å². The van der Waals surface area contributed by atoms with Gasteiger partial charge in [-0.25, -0.2) is 0 Å². The number of rotatable bonds is 7. The molecule has 0 heterocycles. The van der Waals surface area contributed by atoms with Crippen molar-refractivity contribution < 1.29 is 24.6 Å². The molecular formula is C12H11Cl2NO5S. The zero-order valence-electron chi connectivity index (χ0n) is 10.5. The van der Waals surface area contributed by atoms with Gasteiger partial charge in [-0.15, -0.1) is 11.8 Å². The molecule has 0 aliphatic heterocycles. The Hall–Kier alpha value is -1.44. The van der Waals surface area contributed by atoms with Crippen molar-refractivity contribution in [3.63, 3.8) is 0 Å². The molecule has 21 heavy (non-hydrogen) atoms. The lowest BCUT2D eigenvalue weighted by molar-refractivity contribution is -0.142. The largest absolute Gasteiger partial charge is 0.481 e. The van der Waals surface area contributed by atoms with Crippen LogP contribution in [-0.2, 0) is 14.4 Å². The number of hydrogen-bond donors (Lipinski definition) is 3. The molecule has 1 atom stereocenters. The van der Waals surface area contributed by atoms with Crippen molar-refractivity contribution >= 4 is 58.5 Å². The third kappa shape index (κ3) is 6.24. The molecule has 3 N–H and O–H groups in total. The summed E-state index contributed by atoms with van der Waals surface area (Å²) >= 11 is 12.3. The van der Waals surface area contributed by atoms with Crippen LogP contribution in [0, 0.1) is 0 Å². The number of carbonyl (C=O) groups excluding carboxylic acids is 1. The van der Waals surface area contributed by atoms with E-state index < -0.39 is 29.5 Å². The van der Waals surface area contributed by atoms with E-state index in [1.54, 1.807) is 6.07 Å². The first-order chi connectivity index (χ1) is 9.79. The van der Waals surface area contributed by atoms with Crippen molar-refractivity contribution in [3.05, 3.63) is 28.2 Å². The van der Waals surface area contributed by atoms with Crippen LogP contribution in [0.3, 0.4) is 0 Å². The minimum absolute atomic E-state index is 0.190. The van der Waals surface area contributed by atoms with Gasteiger partial charge in [0.2, 0.25) is 5.91 Å². The Morgan fingerprint density at radius 2 is 1.86 bits per heavy atom. The third-order valence-corrected chi connectivity index (χ3v) is 4.19. The summed E-state index contributed by atoms with van der Waals surface area (Å²) in [7, 11) is 0. The summed E-state index contributed by atoms with van der Waals surface area (Å²) in [5, 5.41) is 19.4. The van der Waals surface area contributed by atoms with Crippen molar-refractivity contribution in [2.24, 2.45) is 0 Å². The fourth-order valence-electron chi connectivity index (χ4n) is 1.32. The smallest absolute Gasteiger partial charge is 0.317 e. The van der Waals surface area contributed by atoms with Crippen LogP contribution in [0.4, 0.5) is 5.69 Å². The van der Waals surface area contributed by atoms with Gasteiger partial charge in [-0.1, -0.05) is 23.2 Å². The molecule has 1 unspecified atom stereocenters. The Morgan fingerprint density at radius 3 is 2.38 bits per heavy atom. The molecule has 0 bridgehead atoms. The van der Waals surface area contributed by atoms with Crippen LogP contribution in [0.1, 0.15) is 6.42 Å². The van der Waals surface area contributed by atoms with Crippen molar-refractivity contribution in [3.8, 4) is 0 Å². The highest BCUT2D eigenvalue weighted by molar-refractivity contribution is 8.01. The molecule has 0 aromatic heterocycles. The van der Waals surface area contributed by atoms with E-state index in [1.807, 2.05) is 0 Å². The second-order valence-electron chi connectivity index (χ2n) is 3.91. The van der Waals surface area contributed by atoms with Crippen LogP contribution in [0.25, 0.3) is 0 Å². The van der Waals surface area contributed by atoms with Crippen molar-refractivity contribution in [2.45, 2.75) is 11.7 Å². The van der Waals surface area contributed by atoms with Crippen LogP contribution in [0.15, 0.2) is 18.2 Å². The van der Waals surface area contributed by atoms with Crippen molar-refractivity contribution in [1.82, 2.24) is 0 Å². The predicted octanol–water partition coefficient (Wildman–Crippen LogP) is 2.59. The number of carboxylic acids is 2. The lowest BCUT2D eigenvalue weighted by Gasteiger charge is -2.10. The topological polar surface area (TPSA) is 104 Å². The molecule has 1 rings (SSSR count). The van der Waals surface area contributed by atoms with Gasteiger partial charge in [-0.05, 0) is 18.2 Å². The lowest BCUT2D eigenvalue weighted by Crippen LogP contribution is -2.23. The van der Waals surface area contributed by atoms with E-state index in [0.29, 0.717) is 10.7 Å². The Kier molecular flexibility index (Phi) is 6.80. The summed E-state index contributed by atoms with van der Waals surface area (Å²) in [5.41, 5.74) is 0.417. The highest BCUT2D eigenvalue weighted by Gasteiger charge is 2.22. The molecular weight excluding hydrogens is 341 g/mol. The van der Waals surface area contributed by atoms with E-state index in [2.05, 4.69) is 5.32 Å². The number of amides is 1. The summed E-state index contributed by atoms with van der Waals surface area (Å²) in [6.07, 6.45) is -0.556. The van der Waals surface area contributed by atoms with Gasteiger partial charge in [0.25, 0.3) is 0 Å². The number of thioether (sulfide) groups is 1. The van der Waals surface area contributed by atoms with Crippen LogP contribution in [0.2, 0.25) is 10.0 Å². The summed E-state index contributed by atoms with van der Waals surface area (Å²) in [4.78, 5) is 33.0. The second-order valence-corrected chi connectivity index (χ2v) is 5.92. The first-order valence-electron chi connectivity index (χ1n) is 5.60. The molecule has 114 valence electrons. The Bertz CT molecular complexity index is 567. The molecule has 0 fully saturated rings.